The van der Waals surface area contributed by atoms with Gasteiger partial charge in [0.2, 0.25) is 11.4 Å². The van der Waals surface area contributed by atoms with Gasteiger partial charge in [-0.25, -0.2) is 9.55 Å². The Morgan fingerprint density at radius 1 is 0.943 bits per heavy atom. The van der Waals surface area contributed by atoms with Crippen LogP contribution in [0.5, 0.6) is 0 Å². The largest absolute Gasteiger partial charge is 0.437 e. The van der Waals surface area contributed by atoms with Crippen LogP contribution >= 0.6 is 0 Å². The molecule has 0 bridgehead atoms. The summed E-state index contributed by atoms with van der Waals surface area (Å²) in [6.07, 6.45) is 7.44. The van der Waals surface area contributed by atoms with Crippen molar-refractivity contribution in [3.8, 4) is 22.4 Å². The molecule has 3 heterocycles. The molecule has 1 fully saturated rings. The third-order valence-electron chi connectivity index (χ3n) is 7.77. The maximum absolute atomic E-state index is 6.54. The fourth-order valence-corrected chi connectivity index (χ4v) is 5.82. The summed E-state index contributed by atoms with van der Waals surface area (Å²) in [6, 6.07) is 22.3. The van der Waals surface area contributed by atoms with Crippen molar-refractivity contribution < 1.29 is 8.98 Å². The lowest BCUT2D eigenvalue weighted by Gasteiger charge is -2.14. The molecule has 6 rings (SSSR count). The van der Waals surface area contributed by atoms with E-state index in [4.69, 9.17) is 9.40 Å². The summed E-state index contributed by atoms with van der Waals surface area (Å²) >= 11 is 0. The van der Waals surface area contributed by atoms with Crippen molar-refractivity contribution in [2.75, 3.05) is 0 Å². The van der Waals surface area contributed by atoms with Crippen molar-refractivity contribution in [1.82, 2.24) is 4.98 Å². The molecule has 1 aliphatic carbocycles. The predicted molar refractivity (Wildman–Crippen MR) is 144 cm³/mol. The van der Waals surface area contributed by atoms with Gasteiger partial charge >= 0.3 is 0 Å². The van der Waals surface area contributed by atoms with E-state index >= 15 is 0 Å². The molecular formula is C32H33N2O+. The van der Waals surface area contributed by atoms with Crippen LogP contribution in [0.25, 0.3) is 44.5 Å². The van der Waals surface area contributed by atoms with Gasteiger partial charge < -0.3 is 4.42 Å². The maximum Gasteiger partial charge on any atom is 0.227 e. The highest BCUT2D eigenvalue weighted by Gasteiger charge is 2.26. The highest BCUT2D eigenvalue weighted by Crippen LogP contribution is 2.41. The lowest BCUT2D eigenvalue weighted by atomic mass is 9.91. The van der Waals surface area contributed by atoms with E-state index in [0.717, 1.165) is 33.3 Å². The minimum absolute atomic E-state index is 0.361. The molecule has 0 spiro atoms. The first kappa shape index (κ1) is 22.0. The lowest BCUT2D eigenvalue weighted by Crippen LogP contribution is -2.31. The Morgan fingerprint density at radius 2 is 1.74 bits per heavy atom. The number of hydrogen-bond donors (Lipinski definition) is 0. The van der Waals surface area contributed by atoms with Gasteiger partial charge in [-0.1, -0.05) is 63.1 Å². The molecule has 5 aromatic rings. The van der Waals surface area contributed by atoms with E-state index in [1.807, 2.05) is 0 Å². The summed E-state index contributed by atoms with van der Waals surface area (Å²) in [7, 11) is 2.13. The predicted octanol–water partition coefficient (Wildman–Crippen LogP) is 8.23. The van der Waals surface area contributed by atoms with E-state index in [1.54, 1.807) is 0 Å². The lowest BCUT2D eigenvalue weighted by molar-refractivity contribution is -0.659. The van der Waals surface area contributed by atoms with Crippen molar-refractivity contribution in [3.05, 3.63) is 83.7 Å². The zero-order valence-electron chi connectivity index (χ0n) is 21.1. The molecule has 3 aromatic heterocycles. The monoisotopic (exact) mass is 461 g/mol. The van der Waals surface area contributed by atoms with Crippen molar-refractivity contribution in [1.29, 1.82) is 0 Å². The van der Waals surface area contributed by atoms with Crippen LogP contribution in [0.15, 0.2) is 71.3 Å². The molecule has 1 aliphatic rings. The highest BCUT2D eigenvalue weighted by atomic mass is 16.3. The van der Waals surface area contributed by atoms with E-state index in [2.05, 4.69) is 99.2 Å². The molecule has 176 valence electrons. The minimum Gasteiger partial charge on any atom is -0.437 e. The van der Waals surface area contributed by atoms with Crippen LogP contribution in [-0.4, -0.2) is 4.98 Å². The average Bonchev–Trinajstić information content (AvgIpc) is 3.52. The number of nitrogens with zero attached hydrogens (tertiary/aromatic N) is 2. The number of rotatable bonds is 4. The van der Waals surface area contributed by atoms with Crippen LogP contribution in [0.4, 0.5) is 0 Å². The van der Waals surface area contributed by atoms with Gasteiger partial charge in [-0.15, -0.1) is 0 Å². The molecule has 0 amide bonds. The van der Waals surface area contributed by atoms with Gasteiger partial charge in [0, 0.05) is 22.5 Å². The maximum atomic E-state index is 6.54. The Labute approximate surface area is 207 Å². The third-order valence-corrected chi connectivity index (χ3v) is 7.77. The van der Waals surface area contributed by atoms with Crippen LogP contribution < -0.4 is 4.57 Å². The molecule has 0 atom stereocenters. The van der Waals surface area contributed by atoms with E-state index in [0.29, 0.717) is 11.8 Å². The molecule has 0 aliphatic heterocycles. The number of fused-ring (bicyclic) bond motifs is 3. The second-order valence-electron chi connectivity index (χ2n) is 10.5. The molecule has 0 N–H and O–H groups in total. The van der Waals surface area contributed by atoms with Gasteiger partial charge in [0.1, 0.15) is 7.05 Å². The normalized spacial score (nSPS) is 14.5. The van der Waals surface area contributed by atoms with Crippen molar-refractivity contribution in [2.45, 2.75) is 58.3 Å². The second kappa shape index (κ2) is 8.64. The summed E-state index contributed by atoms with van der Waals surface area (Å²) < 4.78 is 8.77. The molecule has 2 aromatic carbocycles. The summed E-state index contributed by atoms with van der Waals surface area (Å²) in [6.45, 7) is 6.52. The molecule has 0 unspecified atom stereocenters. The first-order chi connectivity index (χ1) is 17.0. The zero-order valence-corrected chi connectivity index (χ0v) is 21.1. The Balaban J connectivity index is 1.59. The van der Waals surface area contributed by atoms with Crippen LogP contribution in [0, 0.1) is 6.92 Å². The summed E-state index contributed by atoms with van der Waals surface area (Å²) in [5, 5.41) is 2.20. The highest BCUT2D eigenvalue weighted by molar-refractivity contribution is 6.09. The molecule has 3 heteroatoms. The SMILES string of the molecule is Cc1ccc2c(oc3nc(C(C)C)ccc32)c1-c1c(-c2cccc(C3CCCC3)c2)ccc[n+]1C. The van der Waals surface area contributed by atoms with Gasteiger partial charge in [-0.2, -0.15) is 0 Å². The Morgan fingerprint density at radius 3 is 2.54 bits per heavy atom. The standard InChI is InChI=1S/C32H33N2O/c1-20(2)28-17-16-27-26-15-14-21(3)29(31(26)35-32(27)33-28)30-25(13-8-18-34(30)4)24-12-7-11-23(19-24)22-9-5-6-10-22/h7-8,11-20,22H,5-6,9-10H2,1-4H3/q+1. The van der Waals surface area contributed by atoms with Crippen LogP contribution in [-0.2, 0) is 7.05 Å². The molecular weight excluding hydrogens is 428 g/mol. The van der Waals surface area contributed by atoms with E-state index in [1.165, 1.54) is 53.6 Å². The first-order valence-electron chi connectivity index (χ1n) is 12.9. The average molecular weight is 462 g/mol. The van der Waals surface area contributed by atoms with E-state index in [-0.39, 0.29) is 0 Å². The zero-order chi connectivity index (χ0) is 24.1. The fourth-order valence-electron chi connectivity index (χ4n) is 5.82. The van der Waals surface area contributed by atoms with Gasteiger partial charge in [0.05, 0.1) is 11.1 Å². The second-order valence-corrected chi connectivity index (χ2v) is 10.5. The van der Waals surface area contributed by atoms with Crippen LogP contribution in [0.1, 0.15) is 68.2 Å². The summed E-state index contributed by atoms with van der Waals surface area (Å²) in [4.78, 5) is 4.86. The van der Waals surface area contributed by atoms with Crippen LogP contribution in [0.2, 0.25) is 0 Å². The topological polar surface area (TPSA) is 29.9 Å². The summed E-state index contributed by atoms with van der Waals surface area (Å²) in [5.74, 6) is 1.05. The number of aromatic nitrogens is 2. The molecule has 35 heavy (non-hydrogen) atoms. The fraction of sp³-hybridized carbons (Fsp3) is 0.312. The quantitative estimate of drug-likeness (QED) is 0.252. The van der Waals surface area contributed by atoms with Crippen molar-refractivity contribution in [3.63, 3.8) is 0 Å². The van der Waals surface area contributed by atoms with Crippen LogP contribution in [0.3, 0.4) is 0 Å². The van der Waals surface area contributed by atoms with Gasteiger partial charge in [0.25, 0.3) is 0 Å². The molecule has 1 saturated carbocycles. The van der Waals surface area contributed by atoms with E-state index < -0.39 is 0 Å². The molecule has 0 saturated heterocycles. The van der Waals surface area contributed by atoms with Crippen molar-refractivity contribution in [2.24, 2.45) is 7.05 Å². The van der Waals surface area contributed by atoms with E-state index in [9.17, 15) is 0 Å². The number of furan rings is 1. The first-order valence-corrected chi connectivity index (χ1v) is 12.9. The molecule has 3 nitrogen and oxygen atoms in total. The Kier molecular flexibility index (Phi) is 5.44. The van der Waals surface area contributed by atoms with Gasteiger partial charge in [-0.3, -0.25) is 0 Å². The van der Waals surface area contributed by atoms with Crippen molar-refractivity contribution >= 4 is 22.1 Å². The minimum atomic E-state index is 0.361. The number of hydrogen-bond acceptors (Lipinski definition) is 2. The third kappa shape index (κ3) is 3.74. The van der Waals surface area contributed by atoms with Gasteiger partial charge in [-0.05, 0) is 66.5 Å². The number of aryl methyl sites for hydroxylation is 2. The number of benzene rings is 2. The van der Waals surface area contributed by atoms with Gasteiger partial charge in [0.15, 0.2) is 11.8 Å². The Hall–Kier alpha value is -3.46. The summed E-state index contributed by atoms with van der Waals surface area (Å²) in [5.41, 5.74) is 10.2. The molecule has 0 radical (unpaired) electrons. The number of pyridine rings is 2. The Bertz CT molecular complexity index is 1550. The smallest absolute Gasteiger partial charge is 0.227 e.